The number of fused-ring (bicyclic) bond motifs is 1. The van der Waals surface area contributed by atoms with Gasteiger partial charge in [0, 0.05) is 0 Å². The molecule has 2 heterocycles. The Labute approximate surface area is 106 Å². The standard InChI is InChI=1S/C11H8N6O2/c12-10-11(16-6-7(5-13-16)17(18)19)15-9-4-2-1-3-8(9)14-10/h1-6H,(H2,12,14). The van der Waals surface area contributed by atoms with Crippen LogP contribution < -0.4 is 5.73 Å². The average Bonchev–Trinajstić information content (AvgIpc) is 2.87. The van der Waals surface area contributed by atoms with Crippen molar-refractivity contribution in [3.8, 4) is 5.82 Å². The molecule has 0 saturated carbocycles. The van der Waals surface area contributed by atoms with Crippen LogP contribution in [0.15, 0.2) is 36.7 Å². The summed E-state index contributed by atoms with van der Waals surface area (Å²) in [5.74, 6) is 0.434. The number of nitro groups is 1. The van der Waals surface area contributed by atoms with E-state index in [1.165, 1.54) is 10.9 Å². The number of nitrogens with two attached hydrogens (primary N) is 1. The third kappa shape index (κ3) is 1.84. The number of para-hydroxylation sites is 2. The molecule has 1 aromatic carbocycles. The second-order valence-corrected chi connectivity index (χ2v) is 3.82. The molecule has 0 fully saturated rings. The fourth-order valence-corrected chi connectivity index (χ4v) is 1.70. The highest BCUT2D eigenvalue weighted by molar-refractivity contribution is 5.77. The third-order valence-electron chi connectivity index (χ3n) is 2.57. The number of hydrogen-bond donors (Lipinski definition) is 1. The Balaban J connectivity index is 2.18. The van der Waals surface area contributed by atoms with Gasteiger partial charge in [-0.25, -0.2) is 14.6 Å². The molecule has 0 radical (unpaired) electrons. The van der Waals surface area contributed by atoms with Gasteiger partial charge in [-0.3, -0.25) is 10.1 Å². The van der Waals surface area contributed by atoms with Crippen molar-refractivity contribution in [1.82, 2.24) is 19.7 Å². The van der Waals surface area contributed by atoms with E-state index in [1.807, 2.05) is 12.1 Å². The van der Waals surface area contributed by atoms with Gasteiger partial charge < -0.3 is 5.73 Å². The molecule has 0 aliphatic carbocycles. The van der Waals surface area contributed by atoms with Crippen molar-refractivity contribution < 1.29 is 4.92 Å². The summed E-state index contributed by atoms with van der Waals surface area (Å²) in [5, 5.41) is 14.5. The number of anilines is 1. The molecular weight excluding hydrogens is 248 g/mol. The predicted molar refractivity (Wildman–Crippen MR) is 67.7 cm³/mol. The van der Waals surface area contributed by atoms with Crippen LogP contribution in [0.25, 0.3) is 16.9 Å². The minimum Gasteiger partial charge on any atom is -0.381 e. The summed E-state index contributed by atoms with van der Waals surface area (Å²) in [6, 6.07) is 7.22. The molecule has 0 spiro atoms. The molecule has 0 atom stereocenters. The first kappa shape index (κ1) is 11.1. The zero-order valence-electron chi connectivity index (χ0n) is 9.59. The molecule has 8 heteroatoms. The summed E-state index contributed by atoms with van der Waals surface area (Å²) in [4.78, 5) is 18.6. The van der Waals surface area contributed by atoms with E-state index in [9.17, 15) is 10.1 Å². The Bertz CT molecular complexity index is 782. The fourth-order valence-electron chi connectivity index (χ4n) is 1.70. The van der Waals surface area contributed by atoms with Gasteiger partial charge in [-0.05, 0) is 12.1 Å². The molecule has 0 bridgehead atoms. The van der Waals surface area contributed by atoms with E-state index < -0.39 is 4.92 Å². The zero-order chi connectivity index (χ0) is 13.4. The summed E-state index contributed by atoms with van der Waals surface area (Å²) in [5.41, 5.74) is 6.97. The third-order valence-corrected chi connectivity index (χ3v) is 2.57. The minimum atomic E-state index is -0.534. The van der Waals surface area contributed by atoms with Crippen molar-refractivity contribution >= 4 is 22.5 Å². The topological polar surface area (TPSA) is 113 Å². The summed E-state index contributed by atoms with van der Waals surface area (Å²) >= 11 is 0. The van der Waals surface area contributed by atoms with Crippen LogP contribution >= 0.6 is 0 Å². The molecule has 0 unspecified atom stereocenters. The number of aromatic nitrogens is 4. The molecule has 0 aliphatic rings. The van der Waals surface area contributed by atoms with E-state index in [2.05, 4.69) is 15.1 Å². The van der Waals surface area contributed by atoms with E-state index in [0.29, 0.717) is 11.0 Å². The van der Waals surface area contributed by atoms with Gasteiger partial charge in [0.15, 0.2) is 11.6 Å². The van der Waals surface area contributed by atoms with Crippen LogP contribution in [0.3, 0.4) is 0 Å². The lowest BCUT2D eigenvalue weighted by molar-refractivity contribution is -0.384. The summed E-state index contributed by atoms with van der Waals surface area (Å²) < 4.78 is 1.24. The lowest BCUT2D eigenvalue weighted by Crippen LogP contribution is -2.05. The number of nitrogens with zero attached hydrogens (tertiary/aromatic N) is 5. The van der Waals surface area contributed by atoms with Gasteiger partial charge in [-0.15, -0.1) is 0 Å². The Hall–Kier alpha value is -3.03. The van der Waals surface area contributed by atoms with E-state index in [-0.39, 0.29) is 17.3 Å². The Morgan fingerprint density at radius 2 is 1.89 bits per heavy atom. The van der Waals surface area contributed by atoms with Crippen LogP contribution in [0.2, 0.25) is 0 Å². The normalized spacial score (nSPS) is 10.7. The van der Waals surface area contributed by atoms with Gasteiger partial charge in [-0.2, -0.15) is 5.10 Å². The molecular formula is C11H8N6O2. The monoisotopic (exact) mass is 256 g/mol. The molecule has 0 saturated heterocycles. The maximum Gasteiger partial charge on any atom is 0.307 e. The highest BCUT2D eigenvalue weighted by atomic mass is 16.6. The maximum atomic E-state index is 10.6. The quantitative estimate of drug-likeness (QED) is 0.546. The van der Waals surface area contributed by atoms with Crippen LogP contribution in [-0.2, 0) is 0 Å². The van der Waals surface area contributed by atoms with Crippen molar-refractivity contribution in [2.75, 3.05) is 5.73 Å². The highest BCUT2D eigenvalue weighted by Gasteiger charge is 2.14. The number of rotatable bonds is 2. The SMILES string of the molecule is Nc1nc2ccccc2nc1-n1cc([N+](=O)[O-])cn1. The fraction of sp³-hybridized carbons (Fsp3) is 0. The smallest absolute Gasteiger partial charge is 0.307 e. The molecule has 94 valence electrons. The lowest BCUT2D eigenvalue weighted by Gasteiger charge is -2.05. The molecule has 2 N–H and O–H groups in total. The number of nitrogen functional groups attached to an aromatic ring is 1. The van der Waals surface area contributed by atoms with Crippen LogP contribution in [0.4, 0.5) is 11.5 Å². The van der Waals surface area contributed by atoms with Crippen molar-refractivity contribution in [3.05, 3.63) is 46.8 Å². The maximum absolute atomic E-state index is 10.6. The first-order chi connectivity index (χ1) is 9.15. The van der Waals surface area contributed by atoms with E-state index >= 15 is 0 Å². The van der Waals surface area contributed by atoms with Crippen molar-refractivity contribution in [2.24, 2.45) is 0 Å². The lowest BCUT2D eigenvalue weighted by atomic mass is 10.3. The van der Waals surface area contributed by atoms with Gasteiger partial charge in [-0.1, -0.05) is 12.1 Å². The predicted octanol–water partition coefficient (Wildman–Crippen LogP) is 1.31. The molecule has 0 aliphatic heterocycles. The van der Waals surface area contributed by atoms with Gasteiger partial charge in [0.2, 0.25) is 0 Å². The van der Waals surface area contributed by atoms with Crippen molar-refractivity contribution in [3.63, 3.8) is 0 Å². The number of hydrogen-bond acceptors (Lipinski definition) is 6. The van der Waals surface area contributed by atoms with E-state index in [1.54, 1.807) is 12.1 Å². The van der Waals surface area contributed by atoms with Crippen LogP contribution in [-0.4, -0.2) is 24.7 Å². The molecule has 3 aromatic rings. The highest BCUT2D eigenvalue weighted by Crippen LogP contribution is 2.19. The van der Waals surface area contributed by atoms with Crippen molar-refractivity contribution in [1.29, 1.82) is 0 Å². The molecule has 19 heavy (non-hydrogen) atoms. The number of benzene rings is 1. The van der Waals surface area contributed by atoms with Gasteiger partial charge in [0.1, 0.15) is 12.4 Å². The second kappa shape index (κ2) is 4.02. The summed E-state index contributed by atoms with van der Waals surface area (Å²) in [6.45, 7) is 0. The van der Waals surface area contributed by atoms with Crippen LogP contribution in [0, 0.1) is 10.1 Å². The largest absolute Gasteiger partial charge is 0.381 e. The first-order valence-electron chi connectivity index (χ1n) is 5.37. The summed E-state index contributed by atoms with van der Waals surface area (Å²) in [6.07, 6.45) is 2.38. The summed E-state index contributed by atoms with van der Waals surface area (Å²) in [7, 11) is 0. The van der Waals surface area contributed by atoms with Crippen molar-refractivity contribution in [2.45, 2.75) is 0 Å². The van der Waals surface area contributed by atoms with Gasteiger partial charge in [0.25, 0.3) is 0 Å². The van der Waals surface area contributed by atoms with Gasteiger partial charge >= 0.3 is 5.69 Å². The average molecular weight is 256 g/mol. The van der Waals surface area contributed by atoms with E-state index in [0.717, 1.165) is 6.20 Å². The molecule has 3 rings (SSSR count). The molecule has 0 amide bonds. The van der Waals surface area contributed by atoms with Crippen LogP contribution in [0.5, 0.6) is 0 Å². The Morgan fingerprint density at radius 3 is 2.53 bits per heavy atom. The second-order valence-electron chi connectivity index (χ2n) is 3.82. The first-order valence-corrected chi connectivity index (χ1v) is 5.37. The molecule has 2 aromatic heterocycles. The minimum absolute atomic E-state index is 0.130. The van der Waals surface area contributed by atoms with Gasteiger partial charge in [0.05, 0.1) is 16.0 Å². The molecule has 8 nitrogen and oxygen atoms in total. The van der Waals surface area contributed by atoms with E-state index in [4.69, 9.17) is 5.73 Å². The van der Waals surface area contributed by atoms with Crippen LogP contribution in [0.1, 0.15) is 0 Å². The zero-order valence-corrected chi connectivity index (χ0v) is 9.59. The Morgan fingerprint density at radius 1 is 1.21 bits per heavy atom. The Kier molecular flexibility index (Phi) is 2.34.